The maximum absolute atomic E-state index is 6.35. The van der Waals surface area contributed by atoms with Gasteiger partial charge in [0.2, 0.25) is 0 Å². The third kappa shape index (κ3) is 4.04. The van der Waals surface area contributed by atoms with Crippen molar-refractivity contribution in [3.05, 3.63) is 90.3 Å². The number of hydrogen-bond donors (Lipinski definition) is 1. The van der Waals surface area contributed by atoms with Crippen LogP contribution in [0.2, 0.25) is 0 Å². The highest BCUT2D eigenvalue weighted by molar-refractivity contribution is 6.00. The number of allylic oxidation sites excluding steroid dienone is 1. The van der Waals surface area contributed by atoms with Crippen LogP contribution in [0.4, 0.5) is 5.82 Å². The van der Waals surface area contributed by atoms with E-state index in [1.807, 2.05) is 19.1 Å². The SMILES string of the molecule is C=C(C#CC)N(C)C1CC(n2nc(-c3ccc(Cc4ccccc4)cc3)c3c(N)nccc32)C1. The van der Waals surface area contributed by atoms with Crippen molar-refractivity contribution in [2.45, 2.75) is 38.3 Å². The summed E-state index contributed by atoms with van der Waals surface area (Å²) >= 11 is 0. The number of benzene rings is 2. The van der Waals surface area contributed by atoms with E-state index in [1.165, 1.54) is 11.1 Å². The minimum Gasteiger partial charge on any atom is -0.383 e. The monoisotopic (exact) mass is 447 g/mol. The molecule has 5 nitrogen and oxygen atoms in total. The lowest BCUT2D eigenvalue weighted by Crippen LogP contribution is -2.42. The minimum absolute atomic E-state index is 0.310. The summed E-state index contributed by atoms with van der Waals surface area (Å²) < 4.78 is 2.14. The second kappa shape index (κ2) is 9.07. The van der Waals surface area contributed by atoms with E-state index in [0.29, 0.717) is 17.9 Å². The predicted molar refractivity (Wildman–Crippen MR) is 139 cm³/mol. The number of rotatable bonds is 6. The molecule has 0 saturated heterocycles. The van der Waals surface area contributed by atoms with Crippen molar-refractivity contribution >= 4 is 16.7 Å². The van der Waals surface area contributed by atoms with Gasteiger partial charge in [-0.25, -0.2) is 4.98 Å². The van der Waals surface area contributed by atoms with Crippen LogP contribution in [-0.4, -0.2) is 32.8 Å². The zero-order valence-electron chi connectivity index (χ0n) is 19.7. The van der Waals surface area contributed by atoms with Crippen molar-refractivity contribution in [3.63, 3.8) is 0 Å². The van der Waals surface area contributed by atoms with E-state index in [9.17, 15) is 0 Å². The molecular weight excluding hydrogens is 418 g/mol. The van der Waals surface area contributed by atoms with E-state index in [1.54, 1.807) is 6.20 Å². The standard InChI is InChI=1S/C29H29N5/c1-4-8-20(2)33(3)24-18-25(19-24)34-26-15-16-31-29(30)27(26)28(32-34)23-13-11-22(12-14-23)17-21-9-6-5-7-10-21/h5-7,9-16,24-25H,2,17-19H2,1,3H3,(H2,30,31). The first-order valence-electron chi connectivity index (χ1n) is 11.7. The van der Waals surface area contributed by atoms with Crippen LogP contribution in [0.15, 0.2) is 79.1 Å². The first kappa shape index (κ1) is 21.8. The number of fused-ring (bicyclic) bond motifs is 1. The molecule has 4 aromatic rings. The Morgan fingerprint density at radius 3 is 2.50 bits per heavy atom. The zero-order chi connectivity index (χ0) is 23.7. The second-order valence-electron chi connectivity index (χ2n) is 8.95. The summed E-state index contributed by atoms with van der Waals surface area (Å²) in [4.78, 5) is 6.54. The fourth-order valence-electron chi connectivity index (χ4n) is 4.73. The molecule has 1 fully saturated rings. The maximum Gasteiger partial charge on any atom is 0.135 e. The molecule has 0 spiro atoms. The Balaban J connectivity index is 1.42. The minimum atomic E-state index is 0.310. The van der Waals surface area contributed by atoms with Crippen LogP contribution in [0.25, 0.3) is 22.2 Å². The van der Waals surface area contributed by atoms with Crippen LogP contribution < -0.4 is 5.73 Å². The normalized spacial score (nSPS) is 17.0. The Bertz CT molecular complexity index is 1380. The van der Waals surface area contributed by atoms with E-state index in [2.05, 4.69) is 88.6 Å². The van der Waals surface area contributed by atoms with Gasteiger partial charge in [0.25, 0.3) is 0 Å². The van der Waals surface area contributed by atoms with Crippen LogP contribution in [0, 0.1) is 11.8 Å². The van der Waals surface area contributed by atoms with Gasteiger partial charge in [-0.15, -0.1) is 0 Å². The molecule has 0 atom stereocenters. The largest absolute Gasteiger partial charge is 0.383 e. The molecule has 5 heteroatoms. The van der Waals surface area contributed by atoms with E-state index < -0.39 is 0 Å². The predicted octanol–water partition coefficient (Wildman–Crippen LogP) is 5.44. The molecule has 0 radical (unpaired) electrons. The first-order valence-corrected chi connectivity index (χ1v) is 11.7. The maximum atomic E-state index is 6.35. The van der Waals surface area contributed by atoms with Crippen molar-refractivity contribution in [1.82, 2.24) is 19.7 Å². The summed E-state index contributed by atoms with van der Waals surface area (Å²) in [6, 6.07) is 21.9. The summed E-state index contributed by atoms with van der Waals surface area (Å²) in [6.45, 7) is 5.93. The Morgan fingerprint density at radius 2 is 1.79 bits per heavy atom. The number of pyridine rings is 1. The third-order valence-electron chi connectivity index (χ3n) is 6.81. The van der Waals surface area contributed by atoms with Crippen LogP contribution >= 0.6 is 0 Å². The van der Waals surface area contributed by atoms with Gasteiger partial charge in [-0.1, -0.05) is 73.0 Å². The summed E-state index contributed by atoms with van der Waals surface area (Å²) in [5.41, 5.74) is 12.8. The summed E-state index contributed by atoms with van der Waals surface area (Å²) in [5.74, 6) is 6.52. The Kier molecular flexibility index (Phi) is 5.81. The van der Waals surface area contributed by atoms with Crippen LogP contribution in [0.1, 0.15) is 36.9 Å². The lowest BCUT2D eigenvalue weighted by Gasteiger charge is -2.42. The highest BCUT2D eigenvalue weighted by atomic mass is 15.3. The Labute approximate surface area is 200 Å². The molecule has 2 aromatic heterocycles. The molecule has 1 saturated carbocycles. The van der Waals surface area contributed by atoms with Gasteiger partial charge < -0.3 is 10.6 Å². The molecule has 2 N–H and O–H groups in total. The molecule has 1 aliphatic rings. The quantitative estimate of drug-likeness (QED) is 0.400. The average molecular weight is 448 g/mol. The van der Waals surface area contributed by atoms with Crippen molar-refractivity contribution in [3.8, 4) is 23.1 Å². The molecular formula is C29H29N5. The average Bonchev–Trinajstić information content (AvgIpc) is 3.20. The van der Waals surface area contributed by atoms with Crippen LogP contribution in [0.3, 0.4) is 0 Å². The Morgan fingerprint density at radius 1 is 1.09 bits per heavy atom. The number of aromatic nitrogens is 3. The van der Waals surface area contributed by atoms with Gasteiger partial charge in [-0.2, -0.15) is 5.10 Å². The van der Waals surface area contributed by atoms with Gasteiger partial charge >= 0.3 is 0 Å². The van der Waals surface area contributed by atoms with Gasteiger partial charge in [0.05, 0.1) is 22.6 Å². The molecule has 0 bridgehead atoms. The van der Waals surface area contributed by atoms with Crippen molar-refractivity contribution in [2.75, 3.05) is 12.8 Å². The first-order chi connectivity index (χ1) is 16.5. The fraction of sp³-hybridized carbons (Fsp3) is 0.241. The summed E-state index contributed by atoms with van der Waals surface area (Å²) in [6.07, 6.45) is 4.67. The molecule has 34 heavy (non-hydrogen) atoms. The molecule has 2 heterocycles. The lowest BCUT2D eigenvalue weighted by molar-refractivity contribution is 0.134. The van der Waals surface area contributed by atoms with E-state index in [0.717, 1.165) is 47.1 Å². The molecule has 2 aromatic carbocycles. The van der Waals surface area contributed by atoms with E-state index >= 15 is 0 Å². The topological polar surface area (TPSA) is 60.0 Å². The second-order valence-corrected chi connectivity index (χ2v) is 8.95. The van der Waals surface area contributed by atoms with Crippen molar-refractivity contribution < 1.29 is 0 Å². The zero-order valence-corrected chi connectivity index (χ0v) is 19.7. The third-order valence-corrected chi connectivity index (χ3v) is 6.81. The lowest BCUT2D eigenvalue weighted by atomic mass is 9.85. The van der Waals surface area contributed by atoms with Crippen LogP contribution in [-0.2, 0) is 6.42 Å². The Hall–Kier alpha value is -4.04. The smallest absolute Gasteiger partial charge is 0.135 e. The molecule has 0 aliphatic heterocycles. The van der Waals surface area contributed by atoms with E-state index in [4.69, 9.17) is 10.8 Å². The van der Waals surface area contributed by atoms with Crippen molar-refractivity contribution in [1.29, 1.82) is 0 Å². The van der Waals surface area contributed by atoms with Gasteiger partial charge in [0.1, 0.15) is 11.5 Å². The number of anilines is 1. The summed E-state index contributed by atoms with van der Waals surface area (Å²) in [7, 11) is 2.07. The van der Waals surface area contributed by atoms with Gasteiger partial charge in [-0.3, -0.25) is 4.68 Å². The fourth-order valence-corrected chi connectivity index (χ4v) is 4.73. The molecule has 5 rings (SSSR count). The number of nitrogens with two attached hydrogens (primary N) is 1. The van der Waals surface area contributed by atoms with Gasteiger partial charge in [-0.05, 0) is 43.4 Å². The van der Waals surface area contributed by atoms with E-state index in [-0.39, 0.29) is 0 Å². The van der Waals surface area contributed by atoms with Crippen molar-refractivity contribution in [2.24, 2.45) is 0 Å². The number of nitrogen functional groups attached to an aromatic ring is 1. The molecule has 0 unspecified atom stereocenters. The number of hydrogen-bond acceptors (Lipinski definition) is 4. The molecule has 170 valence electrons. The number of nitrogens with zero attached hydrogens (tertiary/aromatic N) is 4. The van der Waals surface area contributed by atoms with Gasteiger partial charge in [0, 0.05) is 24.8 Å². The highest BCUT2D eigenvalue weighted by Crippen LogP contribution is 2.41. The van der Waals surface area contributed by atoms with Crippen LogP contribution in [0.5, 0.6) is 0 Å². The molecule has 0 amide bonds. The highest BCUT2D eigenvalue weighted by Gasteiger charge is 2.35. The van der Waals surface area contributed by atoms with Gasteiger partial charge in [0.15, 0.2) is 0 Å². The molecule has 1 aliphatic carbocycles. The summed E-state index contributed by atoms with van der Waals surface area (Å²) in [5, 5.41) is 5.99.